The van der Waals surface area contributed by atoms with Crippen molar-refractivity contribution in [1.82, 2.24) is 29.1 Å². The van der Waals surface area contributed by atoms with Crippen LogP contribution >= 0.6 is 0 Å². The number of nitrogens with two attached hydrogens (primary N) is 1. The van der Waals surface area contributed by atoms with Crippen LogP contribution in [-0.2, 0) is 0 Å². The van der Waals surface area contributed by atoms with Gasteiger partial charge in [0, 0.05) is 29.6 Å². The zero-order valence-corrected chi connectivity index (χ0v) is 18.5. The van der Waals surface area contributed by atoms with Gasteiger partial charge in [-0.05, 0) is 37.8 Å². The van der Waals surface area contributed by atoms with Crippen LogP contribution < -0.4 is 5.73 Å². The van der Waals surface area contributed by atoms with Gasteiger partial charge in [0.2, 0.25) is 5.95 Å². The monoisotopic (exact) mass is 417 g/mol. The number of fused-ring (bicyclic) bond motifs is 2. The topological polar surface area (TPSA) is 86.9 Å². The Bertz CT molecular complexity index is 1200. The van der Waals surface area contributed by atoms with E-state index in [4.69, 9.17) is 10.7 Å². The third kappa shape index (κ3) is 3.89. The molecule has 2 N–H and O–H groups in total. The van der Waals surface area contributed by atoms with Crippen molar-refractivity contribution in [3.63, 3.8) is 0 Å². The summed E-state index contributed by atoms with van der Waals surface area (Å²) < 4.78 is 4.14. The predicted molar refractivity (Wildman–Crippen MR) is 124 cm³/mol. The van der Waals surface area contributed by atoms with Gasteiger partial charge in [-0.25, -0.2) is 19.5 Å². The summed E-state index contributed by atoms with van der Waals surface area (Å²) >= 11 is 0. The maximum absolute atomic E-state index is 5.68. The maximum Gasteiger partial charge on any atom is 0.238 e. The lowest BCUT2D eigenvalue weighted by Crippen LogP contribution is -2.14. The highest BCUT2D eigenvalue weighted by Crippen LogP contribution is 2.34. The summed E-state index contributed by atoms with van der Waals surface area (Å²) in [6.07, 6.45) is 16.4. The quantitative estimate of drug-likeness (QED) is 0.475. The van der Waals surface area contributed by atoms with Gasteiger partial charge in [-0.15, -0.1) is 5.10 Å². The molecule has 2 saturated carbocycles. The summed E-state index contributed by atoms with van der Waals surface area (Å²) in [6, 6.07) is 4.75. The van der Waals surface area contributed by atoms with E-state index < -0.39 is 0 Å². The molecule has 4 aromatic heterocycles. The maximum atomic E-state index is 5.68. The Morgan fingerprint density at radius 1 is 0.968 bits per heavy atom. The number of rotatable bonds is 2. The molecule has 0 aliphatic heterocycles. The van der Waals surface area contributed by atoms with Crippen molar-refractivity contribution in [3.05, 3.63) is 36.5 Å². The highest BCUT2D eigenvalue weighted by atomic mass is 15.3. The smallest absolute Gasteiger partial charge is 0.238 e. The first-order valence-electron chi connectivity index (χ1n) is 11.5. The van der Waals surface area contributed by atoms with E-state index in [1.807, 2.05) is 18.5 Å². The number of hydrogen-bond donors (Lipinski definition) is 1. The van der Waals surface area contributed by atoms with E-state index in [0.29, 0.717) is 6.04 Å². The summed E-state index contributed by atoms with van der Waals surface area (Å²) in [5.41, 5.74) is 10.6. The van der Waals surface area contributed by atoms with Crippen molar-refractivity contribution in [2.75, 3.05) is 5.73 Å². The van der Waals surface area contributed by atoms with Gasteiger partial charge in [-0.1, -0.05) is 45.4 Å². The Morgan fingerprint density at radius 3 is 2.45 bits per heavy atom. The van der Waals surface area contributed by atoms with Crippen molar-refractivity contribution in [3.8, 4) is 11.1 Å². The SMILES string of the molecule is CC1CCC1.Cc1nc2ncc(-c3ccn4nc(N)ncc34)cc2n1C1CCCCC1. The van der Waals surface area contributed by atoms with Crippen molar-refractivity contribution >= 4 is 22.6 Å². The van der Waals surface area contributed by atoms with Gasteiger partial charge >= 0.3 is 0 Å². The molecule has 2 aliphatic rings. The average Bonchev–Trinajstić information content (AvgIpc) is 3.32. The molecular weight excluding hydrogens is 386 g/mol. The standard InChI is InChI=1S/C19H21N7.C5H10/c1-12-23-18-16(26(12)14-5-3-2-4-6-14)9-13(10-21-18)15-7-8-25-17(15)11-22-19(20)24-25;1-5-3-2-4-5/h7-11,14H,2-6H2,1H3,(H2,20,24);5H,2-4H2,1H3. The van der Waals surface area contributed by atoms with Crippen LogP contribution in [0.4, 0.5) is 5.95 Å². The van der Waals surface area contributed by atoms with Crippen molar-refractivity contribution < 1.29 is 0 Å². The molecule has 0 spiro atoms. The molecule has 0 saturated heterocycles. The van der Waals surface area contributed by atoms with Crippen molar-refractivity contribution in [2.45, 2.75) is 71.3 Å². The molecule has 0 unspecified atom stereocenters. The molecule has 162 valence electrons. The van der Waals surface area contributed by atoms with Crippen LogP contribution in [-0.4, -0.2) is 29.1 Å². The number of imidazole rings is 1. The lowest BCUT2D eigenvalue weighted by molar-refractivity contribution is 0.346. The van der Waals surface area contributed by atoms with E-state index in [1.165, 1.54) is 51.4 Å². The third-order valence-electron chi connectivity index (χ3n) is 6.80. The zero-order valence-electron chi connectivity index (χ0n) is 18.5. The number of pyridine rings is 1. The van der Waals surface area contributed by atoms with Crippen LogP contribution in [0.3, 0.4) is 0 Å². The Balaban J connectivity index is 0.000000361. The summed E-state index contributed by atoms with van der Waals surface area (Å²) in [4.78, 5) is 13.5. The third-order valence-corrected chi connectivity index (χ3v) is 6.80. The minimum atomic E-state index is 0.263. The van der Waals surface area contributed by atoms with Gasteiger partial charge in [0.15, 0.2) is 5.65 Å². The molecule has 2 fully saturated rings. The van der Waals surface area contributed by atoms with Gasteiger partial charge in [0.1, 0.15) is 5.82 Å². The molecular formula is C24H31N7. The second-order valence-electron chi connectivity index (χ2n) is 9.10. The van der Waals surface area contributed by atoms with Crippen LogP contribution in [0.5, 0.6) is 0 Å². The van der Waals surface area contributed by atoms with Crippen LogP contribution in [0.1, 0.15) is 70.2 Å². The second kappa shape index (κ2) is 8.29. The Morgan fingerprint density at radius 2 is 1.74 bits per heavy atom. The van der Waals surface area contributed by atoms with E-state index in [-0.39, 0.29) is 5.95 Å². The Labute approximate surface area is 182 Å². The van der Waals surface area contributed by atoms with E-state index in [9.17, 15) is 0 Å². The van der Waals surface area contributed by atoms with Gasteiger partial charge in [0.05, 0.1) is 17.2 Å². The number of aryl methyl sites for hydroxylation is 1. The molecule has 4 aromatic rings. The Hall–Kier alpha value is -2.96. The van der Waals surface area contributed by atoms with Gasteiger partial charge < -0.3 is 10.3 Å². The second-order valence-corrected chi connectivity index (χ2v) is 9.10. The molecule has 7 heteroatoms. The average molecular weight is 418 g/mol. The minimum Gasteiger partial charge on any atom is -0.367 e. The fourth-order valence-corrected chi connectivity index (χ4v) is 4.81. The van der Waals surface area contributed by atoms with Crippen LogP contribution in [0.25, 0.3) is 27.8 Å². The summed E-state index contributed by atoms with van der Waals surface area (Å²) in [5.74, 6) is 2.38. The summed E-state index contributed by atoms with van der Waals surface area (Å²) in [7, 11) is 0. The molecule has 7 nitrogen and oxygen atoms in total. The highest BCUT2D eigenvalue weighted by molar-refractivity contribution is 5.85. The number of nitrogens with zero attached hydrogens (tertiary/aromatic N) is 6. The van der Waals surface area contributed by atoms with Gasteiger partial charge in [0.25, 0.3) is 0 Å². The molecule has 31 heavy (non-hydrogen) atoms. The Kier molecular flexibility index (Phi) is 5.34. The molecule has 2 aliphatic carbocycles. The first-order valence-corrected chi connectivity index (χ1v) is 11.5. The first-order chi connectivity index (χ1) is 15.1. The van der Waals surface area contributed by atoms with Crippen LogP contribution in [0.15, 0.2) is 30.7 Å². The van der Waals surface area contributed by atoms with E-state index in [1.54, 1.807) is 10.7 Å². The zero-order chi connectivity index (χ0) is 21.4. The number of nitrogen functional groups attached to an aromatic ring is 1. The van der Waals surface area contributed by atoms with E-state index in [0.717, 1.165) is 39.5 Å². The van der Waals surface area contributed by atoms with Crippen molar-refractivity contribution in [2.24, 2.45) is 5.92 Å². The first kappa shape index (κ1) is 20.0. The largest absolute Gasteiger partial charge is 0.367 e. The molecule has 0 aromatic carbocycles. The lowest BCUT2D eigenvalue weighted by atomic mass is 9.88. The normalized spacial score (nSPS) is 17.5. The minimum absolute atomic E-state index is 0.263. The fourth-order valence-electron chi connectivity index (χ4n) is 4.81. The molecule has 6 rings (SSSR count). The number of aromatic nitrogens is 6. The summed E-state index contributed by atoms with van der Waals surface area (Å²) in [5, 5.41) is 4.22. The number of hydrogen-bond acceptors (Lipinski definition) is 5. The molecule has 0 atom stereocenters. The van der Waals surface area contributed by atoms with Crippen LogP contribution in [0.2, 0.25) is 0 Å². The van der Waals surface area contributed by atoms with E-state index >= 15 is 0 Å². The van der Waals surface area contributed by atoms with Gasteiger partial charge in [-0.2, -0.15) is 0 Å². The fraction of sp³-hybridized carbons (Fsp3) is 0.500. The molecule has 4 heterocycles. The molecule has 0 bridgehead atoms. The van der Waals surface area contributed by atoms with E-state index in [2.05, 4.69) is 39.5 Å². The van der Waals surface area contributed by atoms with Crippen molar-refractivity contribution in [1.29, 1.82) is 0 Å². The predicted octanol–water partition coefficient (Wildman–Crippen LogP) is 5.34. The van der Waals surface area contributed by atoms with Crippen LogP contribution in [0, 0.1) is 12.8 Å². The number of anilines is 1. The lowest BCUT2D eigenvalue weighted by Gasteiger charge is -2.24. The molecule has 0 amide bonds. The highest BCUT2D eigenvalue weighted by Gasteiger charge is 2.21. The summed E-state index contributed by atoms with van der Waals surface area (Å²) in [6.45, 7) is 4.39. The van der Waals surface area contributed by atoms with Gasteiger partial charge in [-0.3, -0.25) is 0 Å². The molecule has 0 radical (unpaired) electrons.